The van der Waals surface area contributed by atoms with Crippen LogP contribution in [0.15, 0.2) is 17.6 Å². The quantitative estimate of drug-likeness (QED) is 0.789. The summed E-state index contributed by atoms with van der Waals surface area (Å²) >= 11 is 1.34. The van der Waals surface area contributed by atoms with Gasteiger partial charge < -0.3 is 9.88 Å². The molecular weight excluding hydrogens is 252 g/mol. The Bertz CT molecular complexity index is 419. The van der Waals surface area contributed by atoms with Crippen molar-refractivity contribution in [1.82, 2.24) is 20.2 Å². The Labute approximate surface area is 111 Å². The third-order valence-electron chi connectivity index (χ3n) is 2.26. The van der Waals surface area contributed by atoms with E-state index in [0.29, 0.717) is 0 Å². The van der Waals surface area contributed by atoms with Gasteiger partial charge >= 0.3 is 6.03 Å². The standard InChI is InChI=1S/C11H18N4O2S/c1-4-6-15-7-5-13-11(15)18-8(2)9(16)14-10(17)12-3/h5,7-8H,4,6H2,1-3H3,(H2,12,14,16,17)/t8-/m1/s1. The molecule has 1 rings (SSSR count). The summed E-state index contributed by atoms with van der Waals surface area (Å²) in [5.41, 5.74) is 0. The number of carbonyl (C=O) groups is 2. The Morgan fingerprint density at radius 1 is 1.56 bits per heavy atom. The number of carbonyl (C=O) groups excluding carboxylic acids is 2. The first-order chi connectivity index (χ1) is 8.58. The van der Waals surface area contributed by atoms with Crippen LogP contribution in [-0.2, 0) is 11.3 Å². The zero-order chi connectivity index (χ0) is 13.5. The van der Waals surface area contributed by atoms with E-state index < -0.39 is 6.03 Å². The molecule has 0 fully saturated rings. The molecule has 6 nitrogen and oxygen atoms in total. The van der Waals surface area contributed by atoms with E-state index in [0.717, 1.165) is 18.1 Å². The van der Waals surface area contributed by atoms with E-state index in [1.807, 2.05) is 10.8 Å². The van der Waals surface area contributed by atoms with Crippen molar-refractivity contribution < 1.29 is 9.59 Å². The highest BCUT2D eigenvalue weighted by molar-refractivity contribution is 8.00. The lowest BCUT2D eigenvalue weighted by atomic mass is 10.4. The second kappa shape index (κ2) is 7.05. The Morgan fingerprint density at radius 3 is 2.89 bits per heavy atom. The number of hydrogen-bond donors (Lipinski definition) is 2. The van der Waals surface area contributed by atoms with Gasteiger partial charge in [-0.25, -0.2) is 9.78 Å². The Kier molecular flexibility index (Phi) is 5.70. The molecule has 0 aromatic carbocycles. The summed E-state index contributed by atoms with van der Waals surface area (Å²) in [5, 5.41) is 5.00. The summed E-state index contributed by atoms with van der Waals surface area (Å²) in [6.45, 7) is 4.69. The molecule has 3 amide bonds. The highest BCUT2D eigenvalue weighted by atomic mass is 32.2. The number of thioether (sulfide) groups is 1. The molecule has 0 radical (unpaired) electrons. The van der Waals surface area contributed by atoms with E-state index >= 15 is 0 Å². The minimum atomic E-state index is -0.496. The second-order valence-corrected chi connectivity index (χ2v) is 5.04. The fraction of sp³-hybridized carbons (Fsp3) is 0.545. The molecule has 0 aliphatic carbocycles. The van der Waals surface area contributed by atoms with Crippen molar-refractivity contribution in [3.8, 4) is 0 Å². The van der Waals surface area contributed by atoms with E-state index in [-0.39, 0.29) is 11.2 Å². The highest BCUT2D eigenvalue weighted by Crippen LogP contribution is 2.21. The van der Waals surface area contributed by atoms with Crippen LogP contribution in [0.3, 0.4) is 0 Å². The van der Waals surface area contributed by atoms with Crippen molar-refractivity contribution in [1.29, 1.82) is 0 Å². The Balaban J connectivity index is 2.58. The summed E-state index contributed by atoms with van der Waals surface area (Å²) in [5.74, 6) is -0.328. The molecule has 0 spiro atoms. The van der Waals surface area contributed by atoms with Gasteiger partial charge in [0.15, 0.2) is 5.16 Å². The lowest BCUT2D eigenvalue weighted by Gasteiger charge is -2.11. The molecule has 1 aromatic heterocycles. The first-order valence-corrected chi connectivity index (χ1v) is 6.66. The molecule has 1 aromatic rings. The molecule has 0 bridgehead atoms. The van der Waals surface area contributed by atoms with E-state index in [9.17, 15) is 9.59 Å². The predicted molar refractivity (Wildman–Crippen MR) is 70.4 cm³/mol. The lowest BCUT2D eigenvalue weighted by Crippen LogP contribution is -2.41. The molecule has 0 saturated heterocycles. The molecule has 1 heterocycles. The van der Waals surface area contributed by atoms with Crippen LogP contribution < -0.4 is 10.6 Å². The van der Waals surface area contributed by atoms with Gasteiger partial charge in [0.05, 0.1) is 5.25 Å². The highest BCUT2D eigenvalue weighted by Gasteiger charge is 2.18. The molecule has 0 unspecified atom stereocenters. The van der Waals surface area contributed by atoms with Crippen LogP contribution in [0.2, 0.25) is 0 Å². The molecule has 18 heavy (non-hydrogen) atoms. The number of aryl methyl sites for hydroxylation is 1. The maximum Gasteiger partial charge on any atom is 0.321 e. The second-order valence-electron chi connectivity index (χ2n) is 3.73. The molecule has 100 valence electrons. The van der Waals surface area contributed by atoms with Gasteiger partial charge in [-0.2, -0.15) is 0 Å². The summed E-state index contributed by atoms with van der Waals surface area (Å²) in [6.07, 6.45) is 4.60. The topological polar surface area (TPSA) is 76.0 Å². The maximum absolute atomic E-state index is 11.7. The molecule has 2 N–H and O–H groups in total. The summed E-state index contributed by atoms with van der Waals surface area (Å²) in [7, 11) is 1.47. The first-order valence-electron chi connectivity index (χ1n) is 5.78. The average Bonchev–Trinajstić information content (AvgIpc) is 2.77. The Morgan fingerprint density at radius 2 is 2.28 bits per heavy atom. The van der Waals surface area contributed by atoms with Crippen LogP contribution >= 0.6 is 11.8 Å². The molecule has 0 aliphatic heterocycles. The zero-order valence-electron chi connectivity index (χ0n) is 10.8. The minimum Gasteiger partial charge on any atom is -0.341 e. The SMILES string of the molecule is CCCn1ccnc1S[C@H](C)C(=O)NC(=O)NC. The van der Waals surface area contributed by atoms with Crippen molar-refractivity contribution in [2.75, 3.05) is 7.05 Å². The minimum absolute atomic E-state index is 0.328. The van der Waals surface area contributed by atoms with Gasteiger partial charge in [-0.05, 0) is 13.3 Å². The van der Waals surface area contributed by atoms with Crippen molar-refractivity contribution in [2.45, 2.75) is 37.2 Å². The number of imide groups is 1. The van der Waals surface area contributed by atoms with E-state index in [4.69, 9.17) is 0 Å². The number of urea groups is 1. The van der Waals surface area contributed by atoms with Gasteiger partial charge in [-0.3, -0.25) is 10.1 Å². The van der Waals surface area contributed by atoms with Gasteiger partial charge in [-0.1, -0.05) is 18.7 Å². The fourth-order valence-corrected chi connectivity index (χ4v) is 2.20. The van der Waals surface area contributed by atoms with Crippen LogP contribution in [-0.4, -0.2) is 33.8 Å². The van der Waals surface area contributed by atoms with Gasteiger partial charge in [0.25, 0.3) is 0 Å². The monoisotopic (exact) mass is 270 g/mol. The van der Waals surface area contributed by atoms with Gasteiger partial charge in [0.2, 0.25) is 5.91 Å². The fourth-order valence-electron chi connectivity index (χ4n) is 1.31. The molecular formula is C11H18N4O2S. The largest absolute Gasteiger partial charge is 0.341 e. The number of amides is 3. The number of hydrogen-bond acceptors (Lipinski definition) is 4. The van der Waals surface area contributed by atoms with E-state index in [1.54, 1.807) is 13.1 Å². The Hall–Kier alpha value is -1.50. The molecule has 0 saturated carbocycles. The van der Waals surface area contributed by atoms with Crippen molar-refractivity contribution in [2.24, 2.45) is 0 Å². The van der Waals surface area contributed by atoms with Gasteiger partial charge in [0, 0.05) is 26.0 Å². The third-order valence-corrected chi connectivity index (χ3v) is 3.38. The number of imidazole rings is 1. The van der Waals surface area contributed by atoms with Crippen molar-refractivity contribution >= 4 is 23.7 Å². The normalized spacial score (nSPS) is 11.9. The number of rotatable bonds is 5. The summed E-state index contributed by atoms with van der Waals surface area (Å²) in [6, 6.07) is -0.496. The van der Waals surface area contributed by atoms with Gasteiger partial charge in [0.1, 0.15) is 0 Å². The van der Waals surface area contributed by atoms with E-state index in [1.165, 1.54) is 18.8 Å². The van der Waals surface area contributed by atoms with Crippen LogP contribution in [0.1, 0.15) is 20.3 Å². The average molecular weight is 270 g/mol. The summed E-state index contributed by atoms with van der Waals surface area (Å²) < 4.78 is 1.99. The number of aromatic nitrogens is 2. The summed E-state index contributed by atoms with van der Waals surface area (Å²) in [4.78, 5) is 26.9. The van der Waals surface area contributed by atoms with Crippen LogP contribution in [0, 0.1) is 0 Å². The smallest absolute Gasteiger partial charge is 0.321 e. The number of nitrogens with zero attached hydrogens (tertiary/aromatic N) is 2. The van der Waals surface area contributed by atoms with Gasteiger partial charge in [-0.15, -0.1) is 0 Å². The molecule has 7 heteroatoms. The lowest BCUT2D eigenvalue weighted by molar-refractivity contribution is -0.119. The van der Waals surface area contributed by atoms with Crippen LogP contribution in [0.4, 0.5) is 4.79 Å². The van der Waals surface area contributed by atoms with Crippen LogP contribution in [0.5, 0.6) is 0 Å². The van der Waals surface area contributed by atoms with Crippen molar-refractivity contribution in [3.05, 3.63) is 12.4 Å². The third kappa shape index (κ3) is 4.06. The zero-order valence-corrected chi connectivity index (χ0v) is 11.6. The van der Waals surface area contributed by atoms with Crippen LogP contribution in [0.25, 0.3) is 0 Å². The molecule has 0 aliphatic rings. The number of nitrogens with one attached hydrogen (secondary N) is 2. The van der Waals surface area contributed by atoms with Crippen molar-refractivity contribution in [3.63, 3.8) is 0 Å². The molecule has 1 atom stereocenters. The maximum atomic E-state index is 11.7. The van der Waals surface area contributed by atoms with E-state index in [2.05, 4.69) is 22.5 Å². The predicted octanol–water partition coefficient (Wildman–Crippen LogP) is 1.23. The first kappa shape index (κ1) is 14.6.